The Morgan fingerprint density at radius 1 is 1.35 bits per heavy atom. The van der Waals surface area contributed by atoms with Gasteiger partial charge in [0.1, 0.15) is 0 Å². The molecule has 2 fully saturated rings. The van der Waals surface area contributed by atoms with Gasteiger partial charge in [0.2, 0.25) is 0 Å². The summed E-state index contributed by atoms with van der Waals surface area (Å²) >= 11 is 1.92. The highest BCUT2D eigenvalue weighted by Gasteiger charge is 2.32. The molecule has 2 heterocycles. The maximum absolute atomic E-state index is 11.8. The molecule has 0 spiro atoms. The number of likely N-dealkylation sites (tertiary alicyclic amines) is 1. The number of nitrogens with zero attached hydrogens (tertiary/aromatic N) is 2. The van der Waals surface area contributed by atoms with E-state index in [2.05, 4.69) is 21.9 Å². The summed E-state index contributed by atoms with van der Waals surface area (Å²) in [5.74, 6) is 0.842. The Bertz CT molecular complexity index is 453. The van der Waals surface area contributed by atoms with E-state index in [4.69, 9.17) is 9.47 Å². The number of hydrogen-bond acceptors (Lipinski definition) is 5. The first-order valence-electron chi connectivity index (χ1n) is 9.14. The number of thioether (sulfide) groups is 1. The summed E-state index contributed by atoms with van der Waals surface area (Å²) < 4.78 is 10.8. The van der Waals surface area contributed by atoms with Crippen molar-refractivity contribution in [2.75, 3.05) is 52.8 Å². The van der Waals surface area contributed by atoms with Crippen molar-refractivity contribution in [2.24, 2.45) is 4.99 Å². The number of rotatable bonds is 5. The van der Waals surface area contributed by atoms with Gasteiger partial charge < -0.3 is 25.0 Å². The third-order valence-electron chi connectivity index (χ3n) is 5.00. The number of ether oxygens (including phenoxy) is 2. The van der Waals surface area contributed by atoms with E-state index in [9.17, 15) is 4.79 Å². The molecule has 0 radical (unpaired) electrons. The third-order valence-corrected chi connectivity index (χ3v) is 6.42. The van der Waals surface area contributed by atoms with Gasteiger partial charge in [0, 0.05) is 50.7 Å². The number of amides is 1. The van der Waals surface area contributed by atoms with Crippen LogP contribution in [0.4, 0.5) is 4.79 Å². The van der Waals surface area contributed by atoms with Gasteiger partial charge in [-0.05, 0) is 38.9 Å². The van der Waals surface area contributed by atoms with Crippen molar-refractivity contribution in [1.82, 2.24) is 15.5 Å². The van der Waals surface area contributed by atoms with E-state index < -0.39 is 0 Å². The number of aliphatic imine (C=N–C) groups is 1. The van der Waals surface area contributed by atoms with Gasteiger partial charge in [0.05, 0.1) is 6.61 Å². The minimum atomic E-state index is -0.204. The Labute approximate surface area is 178 Å². The number of nitrogens with one attached hydrogen (secondary N) is 2. The molecule has 2 rings (SSSR count). The van der Waals surface area contributed by atoms with Crippen LogP contribution < -0.4 is 10.6 Å². The highest BCUT2D eigenvalue weighted by molar-refractivity contribution is 14.0. The normalized spacial score (nSPS) is 20.9. The predicted octanol–water partition coefficient (Wildman–Crippen LogP) is 2.30. The number of guanidine groups is 1. The molecule has 152 valence electrons. The number of halogens is 1. The molecule has 2 aliphatic rings. The van der Waals surface area contributed by atoms with E-state index in [0.29, 0.717) is 12.6 Å². The highest BCUT2D eigenvalue weighted by atomic mass is 127. The molecule has 2 aliphatic heterocycles. The predicted molar refractivity (Wildman–Crippen MR) is 118 cm³/mol. The molecule has 0 atom stereocenters. The van der Waals surface area contributed by atoms with E-state index in [1.165, 1.54) is 0 Å². The number of carbonyl (C=O) groups excluding carboxylic acids is 1. The van der Waals surface area contributed by atoms with Gasteiger partial charge in [-0.15, -0.1) is 24.0 Å². The van der Waals surface area contributed by atoms with E-state index in [1.54, 1.807) is 11.9 Å². The van der Waals surface area contributed by atoms with Gasteiger partial charge in [-0.3, -0.25) is 4.99 Å². The lowest BCUT2D eigenvalue weighted by Crippen LogP contribution is -2.52. The minimum Gasteiger partial charge on any atom is -0.450 e. The van der Waals surface area contributed by atoms with E-state index in [-0.39, 0.29) is 34.8 Å². The molecule has 2 saturated heterocycles. The molecule has 0 unspecified atom stereocenters. The number of hydrogen-bond donors (Lipinski definition) is 2. The molecule has 0 bridgehead atoms. The Kier molecular flexibility index (Phi) is 11.0. The van der Waals surface area contributed by atoms with Crippen LogP contribution in [0.5, 0.6) is 0 Å². The smallest absolute Gasteiger partial charge is 0.409 e. The van der Waals surface area contributed by atoms with Gasteiger partial charge in [0.25, 0.3) is 0 Å². The summed E-state index contributed by atoms with van der Waals surface area (Å²) in [4.78, 5) is 17.9. The fraction of sp³-hybridized carbons (Fsp3) is 0.882. The summed E-state index contributed by atoms with van der Waals surface area (Å²) in [6, 6.07) is 0.330. The quantitative estimate of drug-likeness (QED) is 0.343. The molecule has 7 nitrogen and oxygen atoms in total. The van der Waals surface area contributed by atoms with E-state index in [0.717, 1.165) is 64.5 Å². The topological polar surface area (TPSA) is 75.2 Å². The van der Waals surface area contributed by atoms with Crippen molar-refractivity contribution >= 4 is 47.8 Å². The van der Waals surface area contributed by atoms with Crippen molar-refractivity contribution in [3.63, 3.8) is 0 Å². The summed E-state index contributed by atoms with van der Waals surface area (Å²) in [7, 11) is 1.80. The Hall–Kier alpha value is -0.420. The van der Waals surface area contributed by atoms with Crippen molar-refractivity contribution in [1.29, 1.82) is 0 Å². The Morgan fingerprint density at radius 2 is 2.00 bits per heavy atom. The fourth-order valence-corrected chi connectivity index (χ4v) is 4.04. The zero-order chi connectivity index (χ0) is 18.1. The molecular formula is C17H33IN4O3S. The Balaban J connectivity index is 0.00000338. The summed E-state index contributed by atoms with van der Waals surface area (Å²) in [5.41, 5.74) is 0. The maximum Gasteiger partial charge on any atom is 0.409 e. The molecular weight excluding hydrogens is 467 g/mol. The molecule has 0 aromatic heterocycles. The average Bonchev–Trinajstić information content (AvgIpc) is 2.66. The monoisotopic (exact) mass is 500 g/mol. The number of piperidine rings is 1. The van der Waals surface area contributed by atoms with Crippen molar-refractivity contribution in [3.8, 4) is 0 Å². The minimum absolute atomic E-state index is 0. The molecule has 0 saturated carbocycles. The summed E-state index contributed by atoms with van der Waals surface area (Å²) in [6.45, 7) is 6.26. The summed E-state index contributed by atoms with van der Waals surface area (Å²) in [6.07, 6.45) is 5.91. The van der Waals surface area contributed by atoms with E-state index in [1.807, 2.05) is 18.7 Å². The van der Waals surface area contributed by atoms with E-state index >= 15 is 0 Å². The summed E-state index contributed by atoms with van der Waals surface area (Å²) in [5, 5.41) is 6.99. The van der Waals surface area contributed by atoms with Crippen LogP contribution in [-0.4, -0.2) is 80.5 Å². The lowest BCUT2D eigenvalue weighted by Gasteiger charge is -2.37. The molecule has 9 heteroatoms. The molecule has 0 aromatic rings. The van der Waals surface area contributed by atoms with Crippen LogP contribution in [-0.2, 0) is 9.47 Å². The van der Waals surface area contributed by atoms with Gasteiger partial charge in [-0.25, -0.2) is 4.79 Å². The lowest BCUT2D eigenvalue weighted by atomic mass is 9.99. The fourth-order valence-electron chi connectivity index (χ4n) is 3.25. The van der Waals surface area contributed by atoms with Crippen molar-refractivity contribution in [2.45, 2.75) is 43.4 Å². The van der Waals surface area contributed by atoms with Crippen LogP contribution in [0.2, 0.25) is 0 Å². The first kappa shape index (κ1) is 23.6. The largest absolute Gasteiger partial charge is 0.450 e. The maximum atomic E-state index is 11.8. The van der Waals surface area contributed by atoms with Gasteiger partial charge >= 0.3 is 6.09 Å². The van der Waals surface area contributed by atoms with Crippen LogP contribution in [0.15, 0.2) is 4.99 Å². The Morgan fingerprint density at radius 3 is 2.54 bits per heavy atom. The molecule has 2 N–H and O–H groups in total. The van der Waals surface area contributed by atoms with Gasteiger partial charge in [0.15, 0.2) is 5.96 Å². The lowest BCUT2D eigenvalue weighted by molar-refractivity contribution is 0.0782. The molecule has 0 aliphatic carbocycles. The van der Waals surface area contributed by atoms with Crippen LogP contribution in [0.25, 0.3) is 0 Å². The van der Waals surface area contributed by atoms with Crippen LogP contribution in [0.3, 0.4) is 0 Å². The zero-order valence-corrected chi connectivity index (χ0v) is 19.2. The first-order valence-corrected chi connectivity index (χ1v) is 10.4. The van der Waals surface area contributed by atoms with Crippen molar-refractivity contribution < 1.29 is 14.3 Å². The van der Waals surface area contributed by atoms with Gasteiger partial charge in [-0.1, -0.05) is 0 Å². The third kappa shape index (κ3) is 6.95. The van der Waals surface area contributed by atoms with Crippen LogP contribution >= 0.6 is 35.7 Å². The zero-order valence-electron chi connectivity index (χ0n) is 16.1. The van der Waals surface area contributed by atoms with Crippen LogP contribution in [0, 0.1) is 0 Å². The number of carbonyl (C=O) groups is 1. The molecule has 1 amide bonds. The van der Waals surface area contributed by atoms with Crippen molar-refractivity contribution in [3.05, 3.63) is 0 Å². The second-order valence-electron chi connectivity index (χ2n) is 6.53. The SMILES string of the molecule is CCOC(=O)N1CCC(NC(=NC)NCC2(SC)CCOCC2)CC1.I. The molecule has 0 aromatic carbocycles. The van der Waals surface area contributed by atoms with Gasteiger partial charge in [-0.2, -0.15) is 11.8 Å². The molecule has 26 heavy (non-hydrogen) atoms. The second-order valence-corrected chi connectivity index (χ2v) is 7.80. The standard InChI is InChI=1S/C17H32N4O3S.HI/c1-4-24-16(22)21-9-5-14(6-10-21)20-15(18-2)19-13-17(25-3)7-11-23-12-8-17;/h14H,4-13H2,1-3H3,(H2,18,19,20);1H. The van der Waals surface area contributed by atoms with Crippen LogP contribution in [0.1, 0.15) is 32.6 Å². The second kappa shape index (κ2) is 12.1. The first-order chi connectivity index (χ1) is 12.1. The average molecular weight is 500 g/mol. The highest BCUT2D eigenvalue weighted by Crippen LogP contribution is 2.32.